The third-order valence-corrected chi connectivity index (χ3v) is 12.7. The van der Waals surface area contributed by atoms with Crippen molar-refractivity contribution >= 4 is 31.7 Å². The largest absolute Gasteiger partial charge is 2.00 e. The van der Waals surface area contributed by atoms with E-state index in [1.54, 1.807) is 11.8 Å². The summed E-state index contributed by atoms with van der Waals surface area (Å²) in [5.74, 6) is 3.13. The fourth-order valence-electron chi connectivity index (χ4n) is 1.41. The first-order valence-corrected chi connectivity index (χ1v) is 17.4. The van der Waals surface area contributed by atoms with E-state index in [9.17, 15) is 0 Å². The van der Waals surface area contributed by atoms with Crippen LogP contribution in [0.3, 0.4) is 0 Å². The van der Waals surface area contributed by atoms with Crippen molar-refractivity contribution in [3.8, 4) is 25.7 Å². The van der Waals surface area contributed by atoms with Gasteiger partial charge in [-0.1, -0.05) is 0 Å². The Labute approximate surface area is 189 Å². The monoisotopic (exact) mass is 766 g/mol. The molecule has 0 aromatic heterocycles. The van der Waals surface area contributed by atoms with Crippen molar-refractivity contribution in [3.63, 3.8) is 0 Å². The molecule has 0 heterocycles. The molecular weight excluding hydrogens is 730 g/mol. The van der Waals surface area contributed by atoms with E-state index >= 15 is 0 Å². The molecule has 0 fully saturated rings. The van der Waals surface area contributed by atoms with Gasteiger partial charge < -0.3 is 51.4 Å². The average Bonchev–Trinajstić information content (AvgIpc) is 2.45. The van der Waals surface area contributed by atoms with Crippen LogP contribution in [0.15, 0.2) is 0 Å². The molecular formula is C18H36P4Pt2+4. The van der Waals surface area contributed by atoms with E-state index in [1.807, 2.05) is 0 Å². The molecule has 0 aliphatic heterocycles. The van der Waals surface area contributed by atoms with Crippen LogP contribution in [0.2, 0.25) is 0 Å². The van der Waals surface area contributed by atoms with Gasteiger partial charge in [0.2, 0.25) is 0 Å². The van der Waals surface area contributed by atoms with Crippen molar-refractivity contribution in [2.45, 2.75) is 0 Å². The summed E-state index contributed by atoms with van der Waals surface area (Å²) in [6.45, 7) is 19.1. The van der Waals surface area contributed by atoms with Crippen LogP contribution in [0.4, 0.5) is 0 Å². The molecule has 24 heavy (non-hydrogen) atoms. The smallest absolute Gasteiger partial charge is 0.697 e. The van der Waals surface area contributed by atoms with Gasteiger partial charge >= 0.3 is 42.1 Å². The summed E-state index contributed by atoms with van der Waals surface area (Å²) in [4.78, 5) is 0. The number of terminal acetylenes is 4. The summed E-state index contributed by atoms with van der Waals surface area (Å²) in [5.41, 5.74) is 0. The Bertz CT molecular complexity index is 192. The summed E-state index contributed by atoms with van der Waals surface area (Å²) >= 11 is 0. The second-order valence-corrected chi connectivity index (χ2v) is 17.7. The van der Waals surface area contributed by atoms with Gasteiger partial charge in [-0.3, -0.25) is 0 Å². The summed E-state index contributed by atoms with van der Waals surface area (Å²) < 4.78 is 0. The fraction of sp³-hybridized carbons (Fsp3) is 0.556. The zero-order valence-electron chi connectivity index (χ0n) is 16.4. The van der Waals surface area contributed by atoms with Crippen LogP contribution < -0.4 is 0 Å². The second kappa shape index (κ2) is 56.3. The number of hydrogen-bond acceptors (Lipinski definition) is 0. The van der Waals surface area contributed by atoms with Gasteiger partial charge in [-0.25, -0.2) is 0 Å². The van der Waals surface area contributed by atoms with Crippen LogP contribution >= 0.6 is 31.7 Å². The topological polar surface area (TPSA) is 0 Å². The number of hydrogen-bond donors (Lipinski definition) is 0. The van der Waals surface area contributed by atoms with Crippen molar-refractivity contribution in [1.29, 1.82) is 0 Å². The molecule has 0 unspecified atom stereocenters. The van der Waals surface area contributed by atoms with Crippen LogP contribution in [0, 0.1) is 51.4 Å². The molecule has 0 spiro atoms. The maximum atomic E-state index is 5.25. The molecule has 0 aromatic carbocycles. The van der Waals surface area contributed by atoms with Crippen molar-refractivity contribution in [1.82, 2.24) is 0 Å². The van der Waals surface area contributed by atoms with Gasteiger partial charge in [0.25, 0.3) is 0 Å². The SMILES string of the molecule is C[PH+](C)C[PH+](C)C.C[PH+](C)C[PH+](C)C.[C-]#C.[C-]#C.[C-]#C.[C-]#C.[Pt+2].[Pt+2]. The maximum Gasteiger partial charge on any atom is 2.00 e. The molecule has 0 atom stereocenters. The van der Waals surface area contributed by atoms with Gasteiger partial charge in [0.05, 0.1) is 0 Å². The van der Waals surface area contributed by atoms with Crippen LogP contribution in [0.1, 0.15) is 0 Å². The second-order valence-electron chi connectivity index (χ2n) is 5.18. The van der Waals surface area contributed by atoms with Crippen LogP contribution in [-0.4, -0.2) is 65.1 Å². The van der Waals surface area contributed by atoms with E-state index < -0.39 is 0 Å². The normalized spacial score (nSPS) is 6.83. The van der Waals surface area contributed by atoms with Crippen LogP contribution in [0.5, 0.6) is 0 Å². The van der Waals surface area contributed by atoms with Crippen molar-refractivity contribution in [2.24, 2.45) is 0 Å². The Morgan fingerprint density at radius 2 is 0.500 bits per heavy atom. The minimum absolute atomic E-state index is 0. The van der Waals surface area contributed by atoms with Gasteiger partial charge in [-0.2, -0.15) is 0 Å². The number of rotatable bonds is 4. The maximum absolute atomic E-state index is 5.25. The third-order valence-electron chi connectivity index (χ3n) is 1.41. The van der Waals surface area contributed by atoms with E-state index in [4.69, 9.17) is 25.7 Å². The molecule has 0 amide bonds. The zero-order valence-corrected chi connectivity index (χ0v) is 24.9. The van der Waals surface area contributed by atoms with Crippen LogP contribution in [-0.2, 0) is 42.1 Å². The predicted molar refractivity (Wildman–Crippen MR) is 123 cm³/mol. The Kier molecular flexibility index (Phi) is 117. The minimum atomic E-state index is 0. The fourth-order valence-corrected chi connectivity index (χ4v) is 12.7. The molecule has 0 bridgehead atoms. The summed E-state index contributed by atoms with van der Waals surface area (Å²) in [7, 11) is 0.444. The van der Waals surface area contributed by atoms with Crippen molar-refractivity contribution < 1.29 is 42.1 Å². The molecule has 0 nitrogen and oxygen atoms in total. The molecule has 0 N–H and O–H groups in total. The molecule has 0 aliphatic carbocycles. The average molecular weight is 767 g/mol. The first-order valence-electron chi connectivity index (χ1n) is 6.57. The Hall–Kier alpha value is 1.34. The van der Waals surface area contributed by atoms with Gasteiger partial charge in [0.1, 0.15) is 0 Å². The summed E-state index contributed by atoms with van der Waals surface area (Å²) in [5, 5.41) is 0. The predicted octanol–water partition coefficient (Wildman–Crippen LogP) is 4.60. The van der Waals surface area contributed by atoms with E-state index in [1.165, 1.54) is 0 Å². The van der Waals surface area contributed by atoms with Gasteiger partial charge in [0.15, 0.2) is 11.8 Å². The first kappa shape index (κ1) is 49.9. The zero-order chi connectivity index (χ0) is 19.7. The van der Waals surface area contributed by atoms with Crippen LogP contribution in [0.25, 0.3) is 0 Å². The molecule has 0 radical (unpaired) electrons. The Balaban J connectivity index is -0.0000000237. The molecule has 0 saturated carbocycles. The molecule has 0 aliphatic rings. The minimum Gasteiger partial charge on any atom is -0.697 e. The van der Waals surface area contributed by atoms with E-state index in [-0.39, 0.29) is 73.8 Å². The van der Waals surface area contributed by atoms with E-state index in [2.05, 4.69) is 79.0 Å². The van der Waals surface area contributed by atoms with E-state index in [0.29, 0.717) is 0 Å². The van der Waals surface area contributed by atoms with Gasteiger partial charge in [0, 0.05) is 85.0 Å². The van der Waals surface area contributed by atoms with E-state index in [0.717, 1.165) is 0 Å². The molecule has 0 saturated heterocycles. The van der Waals surface area contributed by atoms with Crippen molar-refractivity contribution in [2.75, 3.05) is 65.1 Å². The molecule has 0 aromatic rings. The van der Waals surface area contributed by atoms with Gasteiger partial charge in [-0.15, -0.1) is 0 Å². The summed E-state index contributed by atoms with van der Waals surface area (Å²) in [6.07, 6.45) is 36.0. The molecule has 0 rings (SSSR count). The third kappa shape index (κ3) is 134. The molecule has 6 heteroatoms. The first-order chi connectivity index (χ1) is 10.3. The summed E-state index contributed by atoms with van der Waals surface area (Å²) in [6, 6.07) is 0. The van der Waals surface area contributed by atoms with Crippen molar-refractivity contribution in [3.05, 3.63) is 25.7 Å². The molecule has 144 valence electrons. The quantitative estimate of drug-likeness (QED) is 0.223. The Morgan fingerprint density at radius 1 is 0.417 bits per heavy atom. The van der Waals surface area contributed by atoms with Gasteiger partial charge in [-0.05, 0) is 0 Å². The standard InChI is InChI=1S/2C5H14P2.4C2H.2Pt/c2*1-6(2)5-7(3)4;4*1-2;;/h2*5H2,1-4H3;4*1H;;/q;;4*-1;2*+2/p+4. The Morgan fingerprint density at radius 3 is 0.500 bits per heavy atom.